The second-order valence-electron chi connectivity index (χ2n) is 3.75. The monoisotopic (exact) mass is 236 g/mol. The highest BCUT2D eigenvalue weighted by Gasteiger charge is 2.16. The third-order valence-electron chi connectivity index (χ3n) is 2.34. The average Bonchev–Trinajstić information content (AvgIpc) is 2.28. The molecule has 1 aromatic rings. The summed E-state index contributed by atoms with van der Waals surface area (Å²) in [5, 5.41) is 11.8. The molecule has 5 heteroatoms. The van der Waals surface area contributed by atoms with Crippen LogP contribution in [0.3, 0.4) is 0 Å². The lowest BCUT2D eigenvalue weighted by atomic mass is 10.1. The number of carbonyl (C=O) groups excluding carboxylic acids is 1. The highest BCUT2D eigenvalue weighted by Crippen LogP contribution is 2.03. The van der Waals surface area contributed by atoms with E-state index in [4.69, 9.17) is 10.8 Å². The number of hydrogen-bond acceptors (Lipinski definition) is 3. The predicted octanol–water partition coefficient (Wildman–Crippen LogP) is 0.147. The molecule has 0 saturated carbocycles. The molecule has 1 aromatic carbocycles. The quantitative estimate of drug-likeness (QED) is 0.628. The smallest absolute Gasteiger partial charge is 0.321 e. The summed E-state index contributed by atoms with van der Waals surface area (Å²) in [6.45, 7) is 0.277. The van der Waals surface area contributed by atoms with Gasteiger partial charge in [0.2, 0.25) is 5.91 Å². The maximum atomic E-state index is 11.0. The van der Waals surface area contributed by atoms with Gasteiger partial charge >= 0.3 is 5.97 Å². The number of nitrogens with two attached hydrogens (primary N) is 1. The van der Waals surface area contributed by atoms with E-state index in [-0.39, 0.29) is 13.0 Å². The lowest BCUT2D eigenvalue weighted by Crippen LogP contribution is -2.40. The lowest BCUT2D eigenvalue weighted by Gasteiger charge is -2.13. The minimum absolute atomic E-state index is 0.137. The number of rotatable bonds is 7. The fourth-order valence-corrected chi connectivity index (χ4v) is 1.47. The van der Waals surface area contributed by atoms with E-state index in [1.807, 2.05) is 30.3 Å². The molecule has 1 unspecified atom stereocenters. The van der Waals surface area contributed by atoms with Crippen LogP contribution in [0.4, 0.5) is 0 Å². The van der Waals surface area contributed by atoms with Crippen LogP contribution in [-0.4, -0.2) is 29.6 Å². The van der Waals surface area contributed by atoms with Crippen LogP contribution < -0.4 is 11.1 Å². The third-order valence-corrected chi connectivity index (χ3v) is 2.34. The second kappa shape index (κ2) is 6.65. The standard InChI is InChI=1S/C12H16N2O3/c13-11(15)6-7-14-10(12(16)17)8-9-4-2-1-3-5-9/h1-5,10,14H,6-8H2,(H2,13,15)(H,16,17). The SMILES string of the molecule is NC(=O)CCNC(Cc1ccccc1)C(=O)O. The maximum Gasteiger partial charge on any atom is 0.321 e. The molecule has 92 valence electrons. The van der Waals surface area contributed by atoms with Gasteiger partial charge in [-0.3, -0.25) is 9.59 Å². The van der Waals surface area contributed by atoms with Crippen molar-refractivity contribution >= 4 is 11.9 Å². The van der Waals surface area contributed by atoms with Crippen LogP contribution in [-0.2, 0) is 16.0 Å². The number of carboxylic acid groups (broad SMARTS) is 1. The average molecular weight is 236 g/mol. The first-order valence-corrected chi connectivity index (χ1v) is 5.38. The van der Waals surface area contributed by atoms with Gasteiger partial charge in [-0.05, 0) is 12.0 Å². The number of primary amides is 1. The normalized spacial score (nSPS) is 12.0. The van der Waals surface area contributed by atoms with Gasteiger partial charge in [0.05, 0.1) is 0 Å². The highest BCUT2D eigenvalue weighted by atomic mass is 16.4. The minimum Gasteiger partial charge on any atom is -0.480 e. The van der Waals surface area contributed by atoms with Crippen LogP contribution in [0.15, 0.2) is 30.3 Å². The zero-order valence-electron chi connectivity index (χ0n) is 9.43. The Kier molecular flexibility index (Phi) is 5.16. The Hall–Kier alpha value is -1.88. The molecule has 17 heavy (non-hydrogen) atoms. The van der Waals surface area contributed by atoms with E-state index in [1.165, 1.54) is 0 Å². The molecule has 0 aromatic heterocycles. The molecule has 0 aliphatic heterocycles. The van der Waals surface area contributed by atoms with Gasteiger partial charge in [0.25, 0.3) is 0 Å². The van der Waals surface area contributed by atoms with Crippen LogP contribution in [0.1, 0.15) is 12.0 Å². The van der Waals surface area contributed by atoms with Crippen molar-refractivity contribution in [3.05, 3.63) is 35.9 Å². The summed E-state index contributed by atoms with van der Waals surface area (Å²) >= 11 is 0. The van der Waals surface area contributed by atoms with Crippen molar-refractivity contribution in [2.75, 3.05) is 6.54 Å². The number of benzene rings is 1. The molecule has 0 fully saturated rings. The summed E-state index contributed by atoms with van der Waals surface area (Å²) in [7, 11) is 0. The topological polar surface area (TPSA) is 92.4 Å². The van der Waals surface area contributed by atoms with Gasteiger partial charge in [-0.2, -0.15) is 0 Å². The van der Waals surface area contributed by atoms with Crippen molar-refractivity contribution in [3.8, 4) is 0 Å². The molecule has 1 atom stereocenters. The van der Waals surface area contributed by atoms with Gasteiger partial charge in [-0.25, -0.2) is 0 Å². The van der Waals surface area contributed by atoms with Crippen LogP contribution in [0, 0.1) is 0 Å². The molecule has 0 saturated heterocycles. The highest BCUT2D eigenvalue weighted by molar-refractivity contribution is 5.75. The Bertz CT molecular complexity index is 379. The van der Waals surface area contributed by atoms with Crippen molar-refractivity contribution in [1.82, 2.24) is 5.32 Å². The molecule has 5 nitrogen and oxygen atoms in total. The first kappa shape index (κ1) is 13.2. The van der Waals surface area contributed by atoms with E-state index in [0.717, 1.165) is 5.56 Å². The van der Waals surface area contributed by atoms with Crippen molar-refractivity contribution in [2.24, 2.45) is 5.73 Å². The molecular formula is C12H16N2O3. The van der Waals surface area contributed by atoms with Gasteiger partial charge in [0.15, 0.2) is 0 Å². The number of aliphatic carboxylic acids is 1. The zero-order valence-corrected chi connectivity index (χ0v) is 9.43. The summed E-state index contributed by atoms with van der Waals surface area (Å²) in [5.41, 5.74) is 5.92. The number of carbonyl (C=O) groups is 2. The molecule has 0 aliphatic carbocycles. The molecule has 1 rings (SSSR count). The van der Waals surface area contributed by atoms with E-state index in [1.54, 1.807) is 0 Å². The van der Waals surface area contributed by atoms with Gasteiger partial charge in [-0.1, -0.05) is 30.3 Å². The summed E-state index contributed by atoms with van der Waals surface area (Å²) in [6, 6.07) is 8.63. The molecule has 0 spiro atoms. The Morgan fingerprint density at radius 1 is 1.29 bits per heavy atom. The minimum atomic E-state index is -0.932. The van der Waals surface area contributed by atoms with E-state index >= 15 is 0 Å². The van der Waals surface area contributed by atoms with Crippen LogP contribution >= 0.6 is 0 Å². The molecule has 0 bridgehead atoms. The zero-order chi connectivity index (χ0) is 12.7. The molecule has 0 heterocycles. The maximum absolute atomic E-state index is 11.0. The molecule has 0 aliphatic rings. The largest absolute Gasteiger partial charge is 0.480 e. The van der Waals surface area contributed by atoms with Gasteiger partial charge < -0.3 is 16.2 Å². The summed E-state index contributed by atoms with van der Waals surface area (Å²) < 4.78 is 0. The summed E-state index contributed by atoms with van der Waals surface area (Å²) in [4.78, 5) is 21.5. The summed E-state index contributed by atoms with van der Waals surface area (Å²) in [5.74, 6) is -1.38. The van der Waals surface area contributed by atoms with Crippen molar-refractivity contribution in [2.45, 2.75) is 18.9 Å². The van der Waals surface area contributed by atoms with Gasteiger partial charge in [0.1, 0.15) is 6.04 Å². The van der Waals surface area contributed by atoms with Gasteiger partial charge in [-0.15, -0.1) is 0 Å². The second-order valence-corrected chi connectivity index (χ2v) is 3.75. The third kappa shape index (κ3) is 5.12. The van der Waals surface area contributed by atoms with Crippen LogP contribution in [0.2, 0.25) is 0 Å². The Labute approximate surface area is 99.6 Å². The number of amides is 1. The lowest BCUT2D eigenvalue weighted by molar-refractivity contribution is -0.139. The van der Waals surface area contributed by atoms with E-state index in [2.05, 4.69) is 5.32 Å². The van der Waals surface area contributed by atoms with Crippen molar-refractivity contribution in [3.63, 3.8) is 0 Å². The van der Waals surface area contributed by atoms with E-state index in [0.29, 0.717) is 6.42 Å². The number of hydrogen-bond donors (Lipinski definition) is 3. The molecule has 0 radical (unpaired) electrons. The number of nitrogens with one attached hydrogen (secondary N) is 1. The van der Waals surface area contributed by atoms with Crippen LogP contribution in [0.5, 0.6) is 0 Å². The Morgan fingerprint density at radius 3 is 2.47 bits per heavy atom. The van der Waals surface area contributed by atoms with Gasteiger partial charge in [0, 0.05) is 13.0 Å². The van der Waals surface area contributed by atoms with E-state index in [9.17, 15) is 9.59 Å². The van der Waals surface area contributed by atoms with Crippen molar-refractivity contribution in [1.29, 1.82) is 0 Å². The Balaban J connectivity index is 2.49. The first-order chi connectivity index (χ1) is 8.09. The van der Waals surface area contributed by atoms with E-state index < -0.39 is 17.9 Å². The Morgan fingerprint density at radius 2 is 1.94 bits per heavy atom. The molecular weight excluding hydrogens is 220 g/mol. The molecule has 1 amide bonds. The molecule has 4 N–H and O–H groups in total. The fraction of sp³-hybridized carbons (Fsp3) is 0.333. The number of carboxylic acids is 1. The van der Waals surface area contributed by atoms with Crippen molar-refractivity contribution < 1.29 is 14.7 Å². The summed E-state index contributed by atoms with van der Waals surface area (Å²) in [6.07, 6.45) is 0.521. The first-order valence-electron chi connectivity index (χ1n) is 5.38. The van der Waals surface area contributed by atoms with Crippen LogP contribution in [0.25, 0.3) is 0 Å². The predicted molar refractivity (Wildman–Crippen MR) is 63.4 cm³/mol. The fourth-order valence-electron chi connectivity index (χ4n) is 1.47.